The number of nitro groups is 1. The van der Waals surface area contributed by atoms with Gasteiger partial charge >= 0.3 is 0 Å². The average molecular weight is 298 g/mol. The van der Waals surface area contributed by atoms with Crippen LogP contribution in [0.2, 0.25) is 0 Å². The lowest BCUT2D eigenvalue weighted by atomic mass is 10.0. The Morgan fingerprint density at radius 1 is 1.40 bits per heavy atom. The van der Waals surface area contributed by atoms with E-state index in [4.69, 9.17) is 0 Å². The van der Waals surface area contributed by atoms with E-state index in [1.54, 1.807) is 6.07 Å². The molecule has 2 rings (SSSR count). The third-order valence-electron chi connectivity index (χ3n) is 3.45. The monoisotopic (exact) mass is 298 g/mol. The summed E-state index contributed by atoms with van der Waals surface area (Å²) in [5.41, 5.74) is 1.27. The highest BCUT2D eigenvalue weighted by Crippen LogP contribution is 2.32. The largest absolute Gasteiger partial charge is 0.271 e. The summed E-state index contributed by atoms with van der Waals surface area (Å²) >= 11 is 0. The molecule has 1 heterocycles. The second kappa shape index (κ2) is 5.78. The summed E-state index contributed by atoms with van der Waals surface area (Å²) < 4.78 is 26.0. The van der Waals surface area contributed by atoms with Gasteiger partial charge in [0.15, 0.2) is 0 Å². The van der Waals surface area contributed by atoms with Crippen molar-refractivity contribution in [2.24, 2.45) is 0 Å². The van der Waals surface area contributed by atoms with Crippen molar-refractivity contribution in [1.29, 1.82) is 0 Å². The first-order valence-electron chi connectivity index (χ1n) is 6.73. The van der Waals surface area contributed by atoms with Crippen LogP contribution < -0.4 is 4.31 Å². The number of rotatable bonds is 5. The zero-order valence-corrected chi connectivity index (χ0v) is 12.2. The fourth-order valence-corrected chi connectivity index (χ4v) is 4.12. The molecule has 0 radical (unpaired) electrons. The van der Waals surface area contributed by atoms with Crippen molar-refractivity contribution in [2.75, 3.05) is 16.6 Å². The van der Waals surface area contributed by atoms with Crippen molar-refractivity contribution in [3.05, 3.63) is 33.9 Å². The minimum absolute atomic E-state index is 0.0682. The maximum absolute atomic E-state index is 12.3. The fourth-order valence-electron chi connectivity index (χ4n) is 2.37. The molecular formula is C13H18N2O4S. The molecule has 0 aliphatic carbocycles. The first-order valence-corrected chi connectivity index (χ1v) is 8.34. The Morgan fingerprint density at radius 3 is 2.80 bits per heavy atom. The Balaban J connectivity index is 2.40. The zero-order valence-electron chi connectivity index (χ0n) is 11.4. The van der Waals surface area contributed by atoms with Crippen molar-refractivity contribution in [3.63, 3.8) is 0 Å². The van der Waals surface area contributed by atoms with E-state index in [0.717, 1.165) is 24.8 Å². The summed E-state index contributed by atoms with van der Waals surface area (Å²) in [6.45, 7) is 2.34. The van der Waals surface area contributed by atoms with Crippen LogP contribution in [-0.2, 0) is 16.4 Å². The number of benzene rings is 1. The van der Waals surface area contributed by atoms with Crippen LogP contribution in [0.15, 0.2) is 18.2 Å². The Kier molecular flexibility index (Phi) is 4.27. The predicted molar refractivity (Wildman–Crippen MR) is 77.5 cm³/mol. The Labute approximate surface area is 118 Å². The molecule has 0 atom stereocenters. The molecule has 20 heavy (non-hydrogen) atoms. The molecule has 0 spiro atoms. The maximum atomic E-state index is 12.3. The van der Waals surface area contributed by atoms with Gasteiger partial charge in [-0.25, -0.2) is 8.42 Å². The number of hydrogen-bond donors (Lipinski definition) is 0. The Hall–Kier alpha value is -1.63. The van der Waals surface area contributed by atoms with Crippen LogP contribution in [0.4, 0.5) is 11.4 Å². The molecule has 0 saturated heterocycles. The third-order valence-corrected chi connectivity index (χ3v) is 5.30. The Morgan fingerprint density at radius 2 is 2.15 bits per heavy atom. The van der Waals surface area contributed by atoms with Gasteiger partial charge in [0.1, 0.15) is 0 Å². The highest BCUT2D eigenvalue weighted by molar-refractivity contribution is 7.92. The van der Waals surface area contributed by atoms with E-state index in [-0.39, 0.29) is 11.4 Å². The molecule has 0 bridgehead atoms. The van der Waals surface area contributed by atoms with E-state index in [9.17, 15) is 18.5 Å². The number of anilines is 1. The molecule has 110 valence electrons. The number of unbranched alkanes of at least 4 members (excludes halogenated alkanes) is 1. The van der Waals surface area contributed by atoms with Gasteiger partial charge in [0.25, 0.3) is 5.69 Å². The molecule has 0 unspecified atom stereocenters. The SMILES string of the molecule is CCCCS(=O)(=O)N1CCCc2ccc([N+](=O)[O-])cc21. The second-order valence-corrected chi connectivity index (χ2v) is 6.93. The van der Waals surface area contributed by atoms with E-state index in [2.05, 4.69) is 0 Å². The smallest absolute Gasteiger partial charge is 0.270 e. The lowest BCUT2D eigenvalue weighted by molar-refractivity contribution is -0.384. The first kappa shape index (κ1) is 14.8. The molecule has 1 aliphatic rings. The van der Waals surface area contributed by atoms with Crippen LogP contribution in [-0.4, -0.2) is 25.6 Å². The third kappa shape index (κ3) is 2.92. The van der Waals surface area contributed by atoms with Gasteiger partial charge in [0, 0.05) is 18.7 Å². The summed E-state index contributed by atoms with van der Waals surface area (Å²) in [6.07, 6.45) is 2.90. The summed E-state index contributed by atoms with van der Waals surface area (Å²) in [4.78, 5) is 10.4. The van der Waals surface area contributed by atoms with Crippen molar-refractivity contribution in [2.45, 2.75) is 32.6 Å². The number of nitrogens with zero attached hydrogens (tertiary/aromatic N) is 2. The van der Waals surface area contributed by atoms with Crippen LogP contribution in [0.5, 0.6) is 0 Å². The highest BCUT2D eigenvalue weighted by Gasteiger charge is 2.28. The molecule has 7 heteroatoms. The number of aryl methyl sites for hydroxylation is 1. The molecule has 0 aromatic heterocycles. The van der Waals surface area contributed by atoms with E-state index in [1.165, 1.54) is 16.4 Å². The number of hydrogen-bond acceptors (Lipinski definition) is 4. The van der Waals surface area contributed by atoms with Gasteiger partial charge in [0.05, 0.1) is 16.4 Å². The van der Waals surface area contributed by atoms with E-state index < -0.39 is 14.9 Å². The molecule has 0 saturated carbocycles. The second-order valence-electron chi connectivity index (χ2n) is 4.92. The Bertz CT molecular complexity index is 613. The number of non-ortho nitro benzene ring substituents is 1. The van der Waals surface area contributed by atoms with Crippen LogP contribution in [0.1, 0.15) is 31.7 Å². The van der Waals surface area contributed by atoms with Gasteiger partial charge in [-0.2, -0.15) is 0 Å². The lowest BCUT2D eigenvalue weighted by Crippen LogP contribution is -2.37. The molecule has 1 aromatic carbocycles. The molecule has 0 amide bonds. The van der Waals surface area contributed by atoms with Crippen LogP contribution in [0.25, 0.3) is 0 Å². The summed E-state index contributed by atoms with van der Waals surface area (Å²) in [6, 6.07) is 4.47. The minimum Gasteiger partial charge on any atom is -0.270 e. The van der Waals surface area contributed by atoms with Gasteiger partial charge in [0.2, 0.25) is 10.0 Å². The normalized spacial score (nSPS) is 14.9. The van der Waals surface area contributed by atoms with Gasteiger partial charge < -0.3 is 0 Å². The van der Waals surface area contributed by atoms with Crippen molar-refractivity contribution in [3.8, 4) is 0 Å². The van der Waals surface area contributed by atoms with E-state index >= 15 is 0 Å². The number of sulfonamides is 1. The standard InChI is InChI=1S/C13H18N2O4S/c1-2-3-9-20(18,19)14-8-4-5-11-6-7-12(15(16)17)10-13(11)14/h6-7,10H,2-5,8-9H2,1H3. The number of nitro benzene ring substituents is 1. The molecule has 0 fully saturated rings. The molecule has 0 N–H and O–H groups in total. The zero-order chi connectivity index (χ0) is 14.8. The summed E-state index contributed by atoms with van der Waals surface area (Å²) in [5.74, 6) is 0.0889. The first-order chi connectivity index (χ1) is 9.45. The highest BCUT2D eigenvalue weighted by atomic mass is 32.2. The molecule has 1 aliphatic heterocycles. The fraction of sp³-hybridized carbons (Fsp3) is 0.538. The lowest BCUT2D eigenvalue weighted by Gasteiger charge is -2.30. The van der Waals surface area contributed by atoms with Gasteiger partial charge in [-0.1, -0.05) is 19.4 Å². The molecular weight excluding hydrogens is 280 g/mol. The van der Waals surface area contributed by atoms with E-state index in [0.29, 0.717) is 18.7 Å². The van der Waals surface area contributed by atoms with Crippen molar-refractivity contribution >= 4 is 21.4 Å². The van der Waals surface area contributed by atoms with Crippen molar-refractivity contribution in [1.82, 2.24) is 0 Å². The quantitative estimate of drug-likeness (QED) is 0.618. The maximum Gasteiger partial charge on any atom is 0.271 e. The summed E-state index contributed by atoms with van der Waals surface area (Å²) in [7, 11) is -3.39. The summed E-state index contributed by atoms with van der Waals surface area (Å²) in [5, 5.41) is 10.9. The van der Waals surface area contributed by atoms with Crippen LogP contribution in [0, 0.1) is 10.1 Å². The van der Waals surface area contributed by atoms with Gasteiger partial charge in [-0.05, 0) is 24.8 Å². The molecule has 1 aromatic rings. The van der Waals surface area contributed by atoms with Gasteiger partial charge in [-0.3, -0.25) is 14.4 Å². The van der Waals surface area contributed by atoms with Crippen LogP contribution >= 0.6 is 0 Å². The van der Waals surface area contributed by atoms with Crippen LogP contribution in [0.3, 0.4) is 0 Å². The van der Waals surface area contributed by atoms with E-state index in [1.807, 2.05) is 6.92 Å². The molecule has 6 nitrogen and oxygen atoms in total. The van der Waals surface area contributed by atoms with Gasteiger partial charge in [-0.15, -0.1) is 0 Å². The van der Waals surface area contributed by atoms with Crippen molar-refractivity contribution < 1.29 is 13.3 Å². The average Bonchev–Trinajstić information content (AvgIpc) is 2.43. The number of fused-ring (bicyclic) bond motifs is 1. The topological polar surface area (TPSA) is 80.5 Å². The minimum atomic E-state index is -3.39. The predicted octanol–water partition coefficient (Wildman–Crippen LogP) is 2.48.